The van der Waals surface area contributed by atoms with Gasteiger partial charge in [-0.25, -0.2) is 8.42 Å². The van der Waals surface area contributed by atoms with Crippen LogP contribution in [0.15, 0.2) is 59.5 Å². The number of hydrogen-bond acceptors (Lipinski definition) is 9. The average Bonchev–Trinajstić information content (AvgIpc) is 2.83. The van der Waals surface area contributed by atoms with E-state index in [1.807, 2.05) is 13.8 Å². The van der Waals surface area contributed by atoms with E-state index in [-0.39, 0.29) is 33.8 Å². The third-order valence-electron chi connectivity index (χ3n) is 4.45. The maximum Gasteiger partial charge on any atom is 0.321 e. The molecule has 0 spiro atoms. The number of ether oxygens (including phenoxy) is 3. The van der Waals surface area contributed by atoms with Crippen LogP contribution in [0.2, 0.25) is 0 Å². The van der Waals surface area contributed by atoms with E-state index in [2.05, 4.69) is 25.3 Å². The van der Waals surface area contributed by atoms with E-state index in [9.17, 15) is 13.2 Å². The number of carbonyl (C=O) groups excluding carboxylic acids is 1. The first-order valence-electron chi connectivity index (χ1n) is 10.6. The lowest BCUT2D eigenvalue weighted by Crippen LogP contribution is -2.34. The number of rotatable bonds is 9. The second kappa shape index (κ2) is 11.6. The van der Waals surface area contributed by atoms with E-state index in [1.54, 1.807) is 24.3 Å². The molecule has 11 nitrogen and oxygen atoms in total. The molecule has 3 aromatic rings. The Morgan fingerprint density at radius 1 is 0.972 bits per heavy atom. The Morgan fingerprint density at radius 2 is 1.64 bits per heavy atom. The number of sulfonamides is 1. The number of aromatic nitrogens is 2. The highest BCUT2D eigenvalue weighted by Crippen LogP contribution is 2.21. The van der Waals surface area contributed by atoms with E-state index in [0.29, 0.717) is 17.0 Å². The lowest BCUT2D eigenvalue weighted by molar-refractivity contribution is 0.0977. The topological polar surface area (TPSA) is 141 Å². The number of benzene rings is 2. The van der Waals surface area contributed by atoms with E-state index in [1.165, 1.54) is 44.6 Å². The molecule has 0 unspecified atom stereocenters. The molecule has 2 aromatic carbocycles. The summed E-state index contributed by atoms with van der Waals surface area (Å²) in [5, 5.41) is 5.47. The Morgan fingerprint density at radius 3 is 2.22 bits per heavy atom. The number of carbonyl (C=O) groups is 1. The van der Waals surface area contributed by atoms with Gasteiger partial charge in [-0.15, -0.1) is 0 Å². The number of nitrogens with one attached hydrogen (secondary N) is 3. The highest BCUT2D eigenvalue weighted by molar-refractivity contribution is 7.92. The van der Waals surface area contributed by atoms with E-state index in [0.717, 1.165) is 0 Å². The molecular formula is C23H25N5O6S2. The Balaban J connectivity index is 1.61. The largest absolute Gasteiger partial charge is 0.491 e. The molecule has 0 saturated heterocycles. The van der Waals surface area contributed by atoms with Gasteiger partial charge in [0.05, 0.1) is 25.2 Å². The summed E-state index contributed by atoms with van der Waals surface area (Å²) in [6, 6.07) is 13.7. The Hall–Kier alpha value is -3.97. The molecule has 190 valence electrons. The Labute approximate surface area is 214 Å². The molecular weight excluding hydrogens is 506 g/mol. The maximum atomic E-state index is 12.8. The first kappa shape index (κ1) is 26.6. The second-order valence-corrected chi connectivity index (χ2v) is 9.60. The average molecular weight is 532 g/mol. The van der Waals surface area contributed by atoms with Crippen molar-refractivity contribution in [1.82, 2.24) is 15.3 Å². The van der Waals surface area contributed by atoms with Gasteiger partial charge in [0.1, 0.15) is 5.75 Å². The zero-order valence-corrected chi connectivity index (χ0v) is 21.6. The van der Waals surface area contributed by atoms with Gasteiger partial charge in [0.15, 0.2) is 10.9 Å². The van der Waals surface area contributed by atoms with Crippen LogP contribution in [0, 0.1) is 0 Å². The molecule has 3 N–H and O–H groups in total. The quantitative estimate of drug-likeness (QED) is 0.353. The Kier molecular flexibility index (Phi) is 8.61. The van der Waals surface area contributed by atoms with Crippen LogP contribution in [0.25, 0.3) is 0 Å². The van der Waals surface area contributed by atoms with Crippen LogP contribution in [0.3, 0.4) is 0 Å². The fourth-order valence-electron chi connectivity index (χ4n) is 2.86. The summed E-state index contributed by atoms with van der Waals surface area (Å²) in [6.07, 6.45) is 0.0259. The number of anilines is 2. The van der Waals surface area contributed by atoms with E-state index in [4.69, 9.17) is 26.4 Å². The number of methoxy groups -OCH3 is 2. The van der Waals surface area contributed by atoms with Crippen molar-refractivity contribution in [3.05, 3.63) is 60.2 Å². The molecule has 1 heterocycles. The van der Waals surface area contributed by atoms with Crippen molar-refractivity contribution < 1.29 is 27.4 Å². The summed E-state index contributed by atoms with van der Waals surface area (Å²) in [7, 11) is -1.23. The molecule has 3 rings (SSSR count). The predicted molar refractivity (Wildman–Crippen MR) is 138 cm³/mol. The standard InChI is InChI=1S/C23H25N5O6S2/c1-14(2)34-17-9-5-15(6-10-17)21(29)27-23(35)24-16-7-11-18(12-8-16)36(30,31)28-19-13-20(32-3)26-22(25-19)33-4/h5-14H,1-4H3,(H,25,26,28)(H2,24,27,29,35). The summed E-state index contributed by atoms with van der Waals surface area (Å²) < 4.78 is 43.4. The fraction of sp³-hybridized carbons (Fsp3) is 0.217. The van der Waals surface area contributed by atoms with Crippen LogP contribution in [0.4, 0.5) is 11.5 Å². The van der Waals surface area contributed by atoms with Gasteiger partial charge in [0, 0.05) is 17.3 Å². The third kappa shape index (κ3) is 7.26. The van der Waals surface area contributed by atoms with Crippen LogP contribution in [0.5, 0.6) is 17.6 Å². The van der Waals surface area contributed by atoms with Crippen molar-refractivity contribution in [2.45, 2.75) is 24.8 Å². The van der Waals surface area contributed by atoms with Gasteiger partial charge in [-0.2, -0.15) is 9.97 Å². The van der Waals surface area contributed by atoms with Gasteiger partial charge in [0.2, 0.25) is 5.88 Å². The fourth-order valence-corrected chi connectivity index (χ4v) is 4.06. The SMILES string of the molecule is COc1cc(NS(=O)(=O)c2ccc(NC(=S)NC(=O)c3ccc(OC(C)C)cc3)cc2)nc(OC)n1. The maximum absolute atomic E-state index is 12.8. The summed E-state index contributed by atoms with van der Waals surface area (Å²) in [5.74, 6) is 0.371. The van der Waals surface area contributed by atoms with Gasteiger partial charge in [-0.3, -0.25) is 14.8 Å². The molecule has 0 fully saturated rings. The second-order valence-electron chi connectivity index (χ2n) is 7.51. The van der Waals surface area contributed by atoms with Crippen LogP contribution in [-0.2, 0) is 10.0 Å². The number of amides is 1. The summed E-state index contributed by atoms with van der Waals surface area (Å²) in [5.41, 5.74) is 0.881. The minimum Gasteiger partial charge on any atom is -0.491 e. The molecule has 0 saturated carbocycles. The predicted octanol–water partition coefficient (Wildman–Crippen LogP) is 3.21. The minimum absolute atomic E-state index is 0.0198. The van der Waals surface area contributed by atoms with Crippen LogP contribution in [-0.4, -0.2) is 49.7 Å². The van der Waals surface area contributed by atoms with Crippen LogP contribution < -0.4 is 29.6 Å². The molecule has 13 heteroatoms. The van der Waals surface area contributed by atoms with Crippen molar-refractivity contribution in [3.63, 3.8) is 0 Å². The minimum atomic E-state index is -3.97. The molecule has 36 heavy (non-hydrogen) atoms. The molecule has 0 radical (unpaired) electrons. The highest BCUT2D eigenvalue weighted by Gasteiger charge is 2.17. The first-order valence-corrected chi connectivity index (χ1v) is 12.5. The van der Waals surface area contributed by atoms with Gasteiger partial charge in [-0.05, 0) is 74.6 Å². The molecule has 0 aliphatic carbocycles. The highest BCUT2D eigenvalue weighted by atomic mass is 32.2. The lowest BCUT2D eigenvalue weighted by atomic mass is 10.2. The lowest BCUT2D eigenvalue weighted by Gasteiger charge is -2.12. The molecule has 0 bridgehead atoms. The summed E-state index contributed by atoms with van der Waals surface area (Å²) in [4.78, 5) is 20.3. The van der Waals surface area contributed by atoms with Gasteiger partial charge in [-0.1, -0.05) is 0 Å². The Bertz CT molecular complexity index is 1310. The smallest absolute Gasteiger partial charge is 0.321 e. The van der Waals surface area contributed by atoms with E-state index >= 15 is 0 Å². The monoisotopic (exact) mass is 531 g/mol. The summed E-state index contributed by atoms with van der Waals surface area (Å²) in [6.45, 7) is 3.83. The number of hydrogen-bond donors (Lipinski definition) is 3. The van der Waals surface area contributed by atoms with E-state index < -0.39 is 15.9 Å². The molecule has 0 atom stereocenters. The normalized spacial score (nSPS) is 10.9. The van der Waals surface area contributed by atoms with Gasteiger partial charge < -0.3 is 19.5 Å². The molecule has 0 aliphatic rings. The zero-order valence-electron chi connectivity index (χ0n) is 19.9. The molecule has 1 amide bonds. The third-order valence-corrected chi connectivity index (χ3v) is 6.03. The zero-order chi connectivity index (χ0) is 26.3. The van der Waals surface area contributed by atoms with Crippen molar-refractivity contribution in [2.75, 3.05) is 24.3 Å². The van der Waals surface area contributed by atoms with Crippen LogP contribution >= 0.6 is 12.2 Å². The summed E-state index contributed by atoms with van der Waals surface area (Å²) >= 11 is 5.20. The van der Waals surface area contributed by atoms with Crippen molar-refractivity contribution >= 4 is 44.8 Å². The molecule has 1 aromatic heterocycles. The van der Waals surface area contributed by atoms with Crippen molar-refractivity contribution in [2.24, 2.45) is 0 Å². The van der Waals surface area contributed by atoms with Gasteiger partial charge in [0.25, 0.3) is 15.9 Å². The number of nitrogens with zero attached hydrogens (tertiary/aromatic N) is 2. The first-order chi connectivity index (χ1) is 17.1. The van der Waals surface area contributed by atoms with Gasteiger partial charge >= 0.3 is 6.01 Å². The van der Waals surface area contributed by atoms with Crippen molar-refractivity contribution in [1.29, 1.82) is 0 Å². The van der Waals surface area contributed by atoms with Crippen LogP contribution in [0.1, 0.15) is 24.2 Å². The van der Waals surface area contributed by atoms with Crippen molar-refractivity contribution in [3.8, 4) is 17.6 Å². The number of thiocarbonyl (C=S) groups is 1. The molecule has 0 aliphatic heterocycles.